The lowest BCUT2D eigenvalue weighted by Crippen LogP contribution is -2.42. The van der Waals surface area contributed by atoms with Gasteiger partial charge in [-0.15, -0.1) is 12.4 Å². The Hall–Kier alpha value is -3.50. The molecule has 3 aromatic carbocycles. The van der Waals surface area contributed by atoms with Gasteiger partial charge in [0.1, 0.15) is 5.82 Å². The predicted octanol–water partition coefficient (Wildman–Crippen LogP) is 6.04. The second-order valence-electron chi connectivity index (χ2n) is 7.91. The van der Waals surface area contributed by atoms with Crippen molar-refractivity contribution in [2.24, 2.45) is 0 Å². The highest BCUT2D eigenvalue weighted by Crippen LogP contribution is 2.48. The largest absolute Gasteiger partial charge is 0.280 e. The lowest BCUT2D eigenvalue weighted by molar-refractivity contribution is -0.122. The zero-order valence-electron chi connectivity index (χ0n) is 17.3. The van der Waals surface area contributed by atoms with Gasteiger partial charge >= 0.3 is 0 Å². The Morgan fingerprint density at radius 3 is 2.03 bits per heavy atom. The lowest BCUT2D eigenvalue weighted by Gasteiger charge is -2.29. The van der Waals surface area contributed by atoms with E-state index in [9.17, 15) is 9.18 Å². The van der Waals surface area contributed by atoms with Crippen LogP contribution < -0.4 is 4.90 Å². The summed E-state index contributed by atoms with van der Waals surface area (Å²) in [6, 6.07) is 28.1. The van der Waals surface area contributed by atoms with Crippen LogP contribution in [-0.4, -0.2) is 10.9 Å². The van der Waals surface area contributed by atoms with E-state index in [1.165, 1.54) is 12.1 Å². The molecular formula is C27H22ClFN2O. The van der Waals surface area contributed by atoms with Crippen LogP contribution in [0.1, 0.15) is 16.7 Å². The number of carbonyl (C=O) groups is 1. The van der Waals surface area contributed by atoms with Gasteiger partial charge in [-0.05, 0) is 72.0 Å². The summed E-state index contributed by atoms with van der Waals surface area (Å²) in [7, 11) is 0. The second kappa shape index (κ2) is 8.93. The SMILES string of the molecule is Cl.O=C1N(c2ccccc2)c2ccccc2C1(Cc1ccncc1)Cc1ccc(F)cc1. The van der Waals surface area contributed by atoms with E-state index in [-0.39, 0.29) is 24.1 Å². The fourth-order valence-corrected chi connectivity index (χ4v) is 4.55. The first-order chi connectivity index (χ1) is 15.2. The van der Waals surface area contributed by atoms with Crippen LogP contribution >= 0.6 is 12.4 Å². The topological polar surface area (TPSA) is 33.2 Å². The molecule has 5 rings (SSSR count). The average Bonchev–Trinajstić information content (AvgIpc) is 3.04. The number of nitrogens with zero attached hydrogens (tertiary/aromatic N) is 2. The number of anilines is 2. The summed E-state index contributed by atoms with van der Waals surface area (Å²) in [5.74, 6) is -0.253. The molecule has 0 saturated carbocycles. The monoisotopic (exact) mass is 444 g/mol. The molecule has 160 valence electrons. The van der Waals surface area contributed by atoms with Crippen molar-refractivity contribution in [2.45, 2.75) is 18.3 Å². The van der Waals surface area contributed by atoms with Gasteiger partial charge in [0, 0.05) is 18.1 Å². The van der Waals surface area contributed by atoms with E-state index in [4.69, 9.17) is 0 Å². The van der Waals surface area contributed by atoms with Crippen LogP contribution in [0.2, 0.25) is 0 Å². The third-order valence-electron chi connectivity index (χ3n) is 5.96. The molecule has 0 aliphatic carbocycles. The number of hydrogen-bond donors (Lipinski definition) is 0. The van der Waals surface area contributed by atoms with Gasteiger partial charge in [-0.2, -0.15) is 0 Å². The van der Waals surface area contributed by atoms with Crippen molar-refractivity contribution in [1.29, 1.82) is 0 Å². The molecule has 0 fully saturated rings. The molecule has 0 spiro atoms. The molecule has 1 aliphatic rings. The number of para-hydroxylation sites is 2. The van der Waals surface area contributed by atoms with Crippen molar-refractivity contribution in [1.82, 2.24) is 4.98 Å². The average molecular weight is 445 g/mol. The molecule has 1 aliphatic heterocycles. The molecule has 0 N–H and O–H groups in total. The number of benzene rings is 3. The van der Waals surface area contributed by atoms with Gasteiger partial charge in [0.15, 0.2) is 0 Å². The third kappa shape index (κ3) is 3.78. The van der Waals surface area contributed by atoms with Crippen molar-refractivity contribution < 1.29 is 9.18 Å². The molecular weight excluding hydrogens is 423 g/mol. The molecule has 1 atom stereocenters. The van der Waals surface area contributed by atoms with E-state index in [2.05, 4.69) is 4.98 Å². The molecule has 32 heavy (non-hydrogen) atoms. The highest BCUT2D eigenvalue weighted by atomic mass is 35.5. The van der Waals surface area contributed by atoms with Crippen LogP contribution in [0.4, 0.5) is 15.8 Å². The Labute approximate surface area is 193 Å². The van der Waals surface area contributed by atoms with Gasteiger partial charge in [0.2, 0.25) is 5.91 Å². The summed E-state index contributed by atoms with van der Waals surface area (Å²) in [5, 5.41) is 0. The highest BCUT2D eigenvalue weighted by molar-refractivity contribution is 6.13. The zero-order chi connectivity index (χ0) is 21.3. The number of fused-ring (bicyclic) bond motifs is 1. The Morgan fingerprint density at radius 2 is 1.34 bits per heavy atom. The molecule has 1 unspecified atom stereocenters. The van der Waals surface area contributed by atoms with Gasteiger partial charge in [0.05, 0.1) is 11.1 Å². The minimum atomic E-state index is -0.800. The Morgan fingerprint density at radius 1 is 0.750 bits per heavy atom. The summed E-state index contributed by atoms with van der Waals surface area (Å²) >= 11 is 0. The predicted molar refractivity (Wildman–Crippen MR) is 127 cm³/mol. The first-order valence-electron chi connectivity index (χ1n) is 10.3. The molecule has 0 saturated heterocycles. The van der Waals surface area contributed by atoms with Gasteiger partial charge in [0.25, 0.3) is 0 Å². The highest BCUT2D eigenvalue weighted by Gasteiger charge is 2.51. The molecule has 2 heterocycles. The van der Waals surface area contributed by atoms with E-state index in [0.29, 0.717) is 12.8 Å². The van der Waals surface area contributed by atoms with Crippen molar-refractivity contribution in [3.05, 3.63) is 126 Å². The van der Waals surface area contributed by atoms with E-state index in [1.54, 1.807) is 24.5 Å². The van der Waals surface area contributed by atoms with Crippen LogP contribution in [0.15, 0.2) is 103 Å². The third-order valence-corrected chi connectivity index (χ3v) is 5.96. The quantitative estimate of drug-likeness (QED) is 0.375. The number of pyridine rings is 1. The summed E-state index contributed by atoms with van der Waals surface area (Å²) in [6.07, 6.45) is 4.52. The molecule has 3 nitrogen and oxygen atoms in total. The summed E-state index contributed by atoms with van der Waals surface area (Å²) < 4.78 is 13.6. The Balaban J connectivity index is 0.00000245. The fourth-order valence-electron chi connectivity index (χ4n) is 4.55. The van der Waals surface area contributed by atoms with Gasteiger partial charge in [-0.3, -0.25) is 14.7 Å². The fraction of sp³-hybridized carbons (Fsp3) is 0.111. The molecule has 1 amide bonds. The van der Waals surface area contributed by atoms with Crippen molar-refractivity contribution in [2.75, 3.05) is 4.90 Å². The van der Waals surface area contributed by atoms with E-state index < -0.39 is 5.41 Å². The summed E-state index contributed by atoms with van der Waals surface area (Å²) in [5.41, 5.74) is 3.89. The Bertz CT molecular complexity index is 1220. The van der Waals surface area contributed by atoms with Crippen LogP contribution in [0.3, 0.4) is 0 Å². The zero-order valence-corrected chi connectivity index (χ0v) is 18.1. The minimum Gasteiger partial charge on any atom is -0.280 e. The van der Waals surface area contributed by atoms with Crippen LogP contribution in [0, 0.1) is 5.82 Å². The van der Waals surface area contributed by atoms with E-state index in [0.717, 1.165) is 28.1 Å². The molecule has 0 bridgehead atoms. The van der Waals surface area contributed by atoms with E-state index in [1.807, 2.05) is 71.6 Å². The first-order valence-corrected chi connectivity index (χ1v) is 10.3. The smallest absolute Gasteiger partial charge is 0.242 e. The van der Waals surface area contributed by atoms with Gasteiger partial charge in [-0.1, -0.05) is 48.5 Å². The van der Waals surface area contributed by atoms with E-state index >= 15 is 0 Å². The van der Waals surface area contributed by atoms with Crippen LogP contribution in [-0.2, 0) is 23.1 Å². The maximum absolute atomic E-state index is 14.2. The molecule has 4 aromatic rings. The van der Waals surface area contributed by atoms with Crippen LogP contribution in [0.25, 0.3) is 0 Å². The first kappa shape index (κ1) is 21.7. The van der Waals surface area contributed by atoms with Crippen molar-refractivity contribution >= 4 is 29.7 Å². The number of rotatable bonds is 5. The normalized spacial score (nSPS) is 17.0. The van der Waals surface area contributed by atoms with Crippen molar-refractivity contribution in [3.8, 4) is 0 Å². The number of aromatic nitrogens is 1. The van der Waals surface area contributed by atoms with Crippen LogP contribution in [0.5, 0.6) is 0 Å². The number of hydrogen-bond acceptors (Lipinski definition) is 2. The van der Waals surface area contributed by atoms with Gasteiger partial charge in [-0.25, -0.2) is 4.39 Å². The maximum atomic E-state index is 14.2. The van der Waals surface area contributed by atoms with Gasteiger partial charge < -0.3 is 0 Å². The van der Waals surface area contributed by atoms with Crippen molar-refractivity contribution in [3.63, 3.8) is 0 Å². The Kier molecular flexibility index (Phi) is 6.06. The lowest BCUT2D eigenvalue weighted by atomic mass is 9.72. The maximum Gasteiger partial charge on any atom is 0.242 e. The summed E-state index contributed by atoms with van der Waals surface area (Å²) in [4.78, 5) is 20.1. The molecule has 1 aromatic heterocycles. The second-order valence-corrected chi connectivity index (χ2v) is 7.91. The number of carbonyl (C=O) groups excluding carboxylic acids is 1. The minimum absolute atomic E-state index is 0. The molecule has 5 heteroatoms. The summed E-state index contributed by atoms with van der Waals surface area (Å²) in [6.45, 7) is 0. The molecule has 0 radical (unpaired) electrons. The number of halogens is 2. The standard InChI is InChI=1S/C27H21FN2O.ClH/c28-22-12-10-20(11-13-22)18-27(19-21-14-16-29-17-15-21)24-8-4-5-9-25(24)30(26(27)31)23-6-2-1-3-7-23;/h1-17H,18-19H2;1H. The number of amides is 1.